The van der Waals surface area contributed by atoms with Gasteiger partial charge in [-0.05, 0) is 57.4 Å². The molecule has 0 aliphatic heterocycles. The number of amides is 1. The number of nitrogens with zero attached hydrogens (tertiary/aromatic N) is 3. The van der Waals surface area contributed by atoms with Crippen LogP contribution in [-0.4, -0.2) is 43.0 Å². The van der Waals surface area contributed by atoms with Gasteiger partial charge in [0.15, 0.2) is 5.13 Å². The van der Waals surface area contributed by atoms with Gasteiger partial charge >= 0.3 is 6.18 Å². The Labute approximate surface area is 177 Å². The first-order chi connectivity index (χ1) is 13.3. The fourth-order valence-corrected chi connectivity index (χ4v) is 3.78. The Morgan fingerprint density at radius 2 is 1.79 bits per heavy atom. The van der Waals surface area contributed by atoms with Gasteiger partial charge in [-0.25, -0.2) is 4.98 Å². The van der Waals surface area contributed by atoms with E-state index in [1.54, 1.807) is 0 Å². The Morgan fingerprint density at radius 3 is 2.45 bits per heavy atom. The molecule has 0 bridgehead atoms. The second-order valence-electron chi connectivity index (χ2n) is 6.66. The molecular weight excluding hydrogens is 423 g/mol. The topological polar surface area (TPSA) is 36.4 Å². The molecule has 0 saturated carbocycles. The number of rotatable bonds is 6. The van der Waals surface area contributed by atoms with E-state index in [2.05, 4.69) is 4.98 Å². The Kier molecular flexibility index (Phi) is 7.62. The average molecular weight is 444 g/mol. The summed E-state index contributed by atoms with van der Waals surface area (Å²) in [7, 11) is 3.85. The van der Waals surface area contributed by atoms with Crippen LogP contribution in [0.15, 0.2) is 48.5 Å². The van der Waals surface area contributed by atoms with E-state index in [1.807, 2.05) is 43.3 Å². The smallest absolute Gasteiger partial charge is 0.309 e. The van der Waals surface area contributed by atoms with Gasteiger partial charge in [-0.1, -0.05) is 29.5 Å². The van der Waals surface area contributed by atoms with E-state index in [0.29, 0.717) is 18.1 Å². The number of anilines is 1. The number of carbonyl (C=O) groups is 1. The predicted molar refractivity (Wildman–Crippen MR) is 113 cm³/mol. The summed E-state index contributed by atoms with van der Waals surface area (Å²) >= 11 is 1.36. The molecular formula is C20H21ClF3N3OS. The van der Waals surface area contributed by atoms with E-state index in [1.165, 1.54) is 28.4 Å². The molecule has 3 rings (SSSR count). The summed E-state index contributed by atoms with van der Waals surface area (Å²) in [6.45, 7) is 1.12. The monoisotopic (exact) mass is 443 g/mol. The summed E-state index contributed by atoms with van der Waals surface area (Å²) in [4.78, 5) is 21.1. The number of benzene rings is 2. The molecule has 0 N–H and O–H groups in total. The highest BCUT2D eigenvalue weighted by Gasteiger charge is 2.31. The molecule has 0 fully saturated rings. The van der Waals surface area contributed by atoms with Crippen molar-refractivity contribution in [1.29, 1.82) is 0 Å². The molecule has 4 nitrogen and oxygen atoms in total. The summed E-state index contributed by atoms with van der Waals surface area (Å²) in [5.41, 5.74) is -0.0771. The molecule has 0 unspecified atom stereocenters. The number of alkyl halides is 3. The molecule has 0 atom stereocenters. The number of carbonyl (C=O) groups excluding carboxylic acids is 1. The highest BCUT2D eigenvalue weighted by atomic mass is 35.5. The third-order valence-corrected chi connectivity index (χ3v) is 5.24. The minimum atomic E-state index is -4.50. The number of fused-ring (bicyclic) bond motifs is 1. The molecule has 2 aromatic carbocycles. The van der Waals surface area contributed by atoms with Crippen molar-refractivity contribution in [1.82, 2.24) is 9.88 Å². The average Bonchev–Trinajstić information content (AvgIpc) is 3.07. The Balaban J connectivity index is 0.00000300. The van der Waals surface area contributed by atoms with Gasteiger partial charge in [0.05, 0.1) is 15.8 Å². The zero-order valence-electron chi connectivity index (χ0n) is 15.9. The summed E-state index contributed by atoms with van der Waals surface area (Å²) < 4.78 is 40.1. The van der Waals surface area contributed by atoms with Crippen LogP contribution in [0.5, 0.6) is 0 Å². The van der Waals surface area contributed by atoms with Crippen LogP contribution >= 0.6 is 23.7 Å². The van der Waals surface area contributed by atoms with E-state index in [4.69, 9.17) is 0 Å². The van der Waals surface area contributed by atoms with Crippen molar-refractivity contribution in [2.45, 2.75) is 12.6 Å². The quantitative estimate of drug-likeness (QED) is 0.516. The molecule has 29 heavy (non-hydrogen) atoms. The van der Waals surface area contributed by atoms with E-state index in [0.717, 1.165) is 28.9 Å². The fraction of sp³-hybridized carbons (Fsp3) is 0.300. The molecule has 0 saturated heterocycles. The van der Waals surface area contributed by atoms with Gasteiger partial charge in [0.25, 0.3) is 5.91 Å². The SMILES string of the molecule is CN(C)CCCN(C(=O)c1cccc(C(F)(F)F)c1)c1nc2ccccc2s1.Cl. The van der Waals surface area contributed by atoms with Crippen molar-refractivity contribution >= 4 is 45.0 Å². The molecule has 0 aliphatic carbocycles. The van der Waals surface area contributed by atoms with Crippen molar-refractivity contribution in [2.75, 3.05) is 32.1 Å². The molecule has 1 heterocycles. The number of aromatic nitrogens is 1. The maximum atomic E-state index is 13.1. The van der Waals surface area contributed by atoms with Crippen LogP contribution in [0.1, 0.15) is 22.3 Å². The number of hydrogen-bond donors (Lipinski definition) is 0. The first-order valence-corrected chi connectivity index (χ1v) is 9.57. The lowest BCUT2D eigenvalue weighted by molar-refractivity contribution is -0.137. The number of para-hydroxylation sites is 1. The van der Waals surface area contributed by atoms with Crippen molar-refractivity contribution < 1.29 is 18.0 Å². The number of thiazole rings is 1. The highest BCUT2D eigenvalue weighted by Crippen LogP contribution is 2.32. The zero-order valence-corrected chi connectivity index (χ0v) is 17.6. The molecule has 156 valence electrons. The minimum absolute atomic E-state index is 0. The normalized spacial score (nSPS) is 11.5. The van der Waals surface area contributed by atoms with Crippen molar-refractivity contribution in [3.05, 3.63) is 59.7 Å². The van der Waals surface area contributed by atoms with Gasteiger partial charge in [-0.3, -0.25) is 9.69 Å². The van der Waals surface area contributed by atoms with Crippen LogP contribution in [-0.2, 0) is 6.18 Å². The third-order valence-electron chi connectivity index (χ3n) is 4.18. The van der Waals surface area contributed by atoms with Crippen LogP contribution < -0.4 is 4.90 Å². The molecule has 0 spiro atoms. The molecule has 1 amide bonds. The summed E-state index contributed by atoms with van der Waals surface area (Å²) in [6.07, 6.45) is -3.82. The summed E-state index contributed by atoms with van der Waals surface area (Å²) in [5.74, 6) is -0.482. The first kappa shape index (κ1) is 23.1. The lowest BCUT2D eigenvalue weighted by Crippen LogP contribution is -2.33. The number of halogens is 4. The van der Waals surface area contributed by atoms with Gasteiger partial charge in [0.2, 0.25) is 0 Å². The summed E-state index contributed by atoms with van der Waals surface area (Å²) in [6, 6.07) is 12.0. The maximum absolute atomic E-state index is 13.1. The molecule has 0 radical (unpaired) electrons. The van der Waals surface area contributed by atoms with E-state index in [9.17, 15) is 18.0 Å². The van der Waals surface area contributed by atoms with Gasteiger partial charge in [-0.15, -0.1) is 12.4 Å². The molecule has 9 heteroatoms. The minimum Gasteiger partial charge on any atom is -0.309 e. The van der Waals surface area contributed by atoms with Crippen LogP contribution in [0.2, 0.25) is 0 Å². The lowest BCUT2D eigenvalue weighted by atomic mass is 10.1. The van der Waals surface area contributed by atoms with Gasteiger partial charge in [-0.2, -0.15) is 13.2 Å². The van der Waals surface area contributed by atoms with E-state index in [-0.39, 0.29) is 18.0 Å². The van der Waals surface area contributed by atoms with Crippen molar-refractivity contribution in [3.63, 3.8) is 0 Å². The fourth-order valence-electron chi connectivity index (χ4n) is 2.79. The Bertz CT molecular complexity index is 942. The third kappa shape index (κ3) is 5.68. The van der Waals surface area contributed by atoms with Crippen molar-refractivity contribution in [2.24, 2.45) is 0 Å². The maximum Gasteiger partial charge on any atom is 0.416 e. The van der Waals surface area contributed by atoms with Crippen LogP contribution in [0.4, 0.5) is 18.3 Å². The largest absolute Gasteiger partial charge is 0.416 e. The second kappa shape index (κ2) is 9.56. The molecule has 3 aromatic rings. The number of hydrogen-bond acceptors (Lipinski definition) is 4. The van der Waals surface area contributed by atoms with Gasteiger partial charge in [0, 0.05) is 12.1 Å². The summed E-state index contributed by atoms with van der Waals surface area (Å²) in [5, 5.41) is 0.488. The van der Waals surface area contributed by atoms with E-state index >= 15 is 0 Å². The second-order valence-corrected chi connectivity index (χ2v) is 7.67. The van der Waals surface area contributed by atoms with Crippen LogP contribution in [0, 0.1) is 0 Å². The highest BCUT2D eigenvalue weighted by molar-refractivity contribution is 7.22. The van der Waals surface area contributed by atoms with Gasteiger partial charge < -0.3 is 4.90 Å². The lowest BCUT2D eigenvalue weighted by Gasteiger charge is -2.21. The van der Waals surface area contributed by atoms with Gasteiger partial charge in [0.1, 0.15) is 0 Å². The van der Waals surface area contributed by atoms with Crippen molar-refractivity contribution in [3.8, 4) is 0 Å². The standard InChI is InChI=1S/C20H20F3N3OS.ClH/c1-25(2)11-6-12-26(19-24-16-9-3-4-10-17(16)28-19)18(27)14-7-5-8-15(13-14)20(21,22)23;/h3-5,7-10,13H,6,11-12H2,1-2H3;1H. The molecule has 1 aromatic heterocycles. The first-order valence-electron chi connectivity index (χ1n) is 8.75. The van der Waals surface area contributed by atoms with Crippen LogP contribution in [0.3, 0.4) is 0 Å². The Hall–Kier alpha value is -2.16. The Morgan fingerprint density at radius 1 is 1.07 bits per heavy atom. The van der Waals surface area contributed by atoms with Crippen LogP contribution in [0.25, 0.3) is 10.2 Å². The van der Waals surface area contributed by atoms with E-state index < -0.39 is 17.6 Å². The zero-order chi connectivity index (χ0) is 20.3. The molecule has 0 aliphatic rings. The predicted octanol–water partition coefficient (Wildman–Crippen LogP) is 5.34.